The van der Waals surface area contributed by atoms with E-state index in [1.807, 2.05) is 0 Å². The number of benzene rings is 2. The van der Waals surface area contributed by atoms with E-state index < -0.39 is 17.8 Å². The van der Waals surface area contributed by atoms with E-state index in [0.717, 1.165) is 10.5 Å². The van der Waals surface area contributed by atoms with E-state index in [-0.39, 0.29) is 12.1 Å². The highest BCUT2D eigenvalue weighted by molar-refractivity contribution is 9.10. The van der Waals surface area contributed by atoms with Gasteiger partial charge in [0.15, 0.2) is 0 Å². The lowest BCUT2D eigenvalue weighted by molar-refractivity contribution is -0.138. The number of amides is 2. The number of nitrogens with one attached hydrogen (secondary N) is 2. The number of alkyl halides is 3. The molecule has 0 fully saturated rings. The first-order chi connectivity index (χ1) is 10.4. The zero-order chi connectivity index (χ0) is 16.2. The molecule has 2 amide bonds. The minimum Gasteiger partial charge on any atom is -0.334 e. The Labute approximate surface area is 133 Å². The van der Waals surface area contributed by atoms with Crippen LogP contribution in [0.2, 0.25) is 0 Å². The van der Waals surface area contributed by atoms with Crippen molar-refractivity contribution in [2.45, 2.75) is 12.7 Å². The van der Waals surface area contributed by atoms with Crippen molar-refractivity contribution in [1.82, 2.24) is 5.32 Å². The Kier molecular flexibility index (Phi) is 5.07. The molecule has 0 saturated heterocycles. The van der Waals surface area contributed by atoms with Crippen molar-refractivity contribution in [3.63, 3.8) is 0 Å². The second kappa shape index (κ2) is 6.83. The summed E-state index contributed by atoms with van der Waals surface area (Å²) in [6, 6.07) is 11.5. The first-order valence-corrected chi connectivity index (χ1v) is 7.11. The van der Waals surface area contributed by atoms with Crippen molar-refractivity contribution in [3.8, 4) is 0 Å². The van der Waals surface area contributed by atoms with Crippen LogP contribution in [-0.2, 0) is 12.7 Å². The molecule has 0 heterocycles. The zero-order valence-electron chi connectivity index (χ0n) is 11.2. The van der Waals surface area contributed by atoms with Gasteiger partial charge < -0.3 is 10.6 Å². The highest BCUT2D eigenvalue weighted by Crippen LogP contribution is 2.31. The fourth-order valence-electron chi connectivity index (χ4n) is 1.87. The summed E-state index contributed by atoms with van der Waals surface area (Å²) in [6.07, 6.45) is -4.45. The van der Waals surface area contributed by atoms with Crippen LogP contribution in [0.15, 0.2) is 53.0 Å². The highest BCUT2D eigenvalue weighted by atomic mass is 79.9. The maximum absolute atomic E-state index is 12.8. The molecule has 2 aromatic rings. The van der Waals surface area contributed by atoms with Gasteiger partial charge in [0.2, 0.25) is 0 Å². The Bertz CT molecular complexity index is 674. The maximum Gasteiger partial charge on any atom is 0.416 e. The normalized spacial score (nSPS) is 11.1. The molecular weight excluding hydrogens is 361 g/mol. The van der Waals surface area contributed by atoms with Gasteiger partial charge in [0.25, 0.3) is 0 Å². The van der Waals surface area contributed by atoms with E-state index in [0.29, 0.717) is 5.69 Å². The SMILES string of the molecule is O=C(NCc1ccccc1C(F)(F)F)Nc1cccc(Br)c1. The van der Waals surface area contributed by atoms with Crippen LogP contribution in [0.4, 0.5) is 23.7 Å². The quantitative estimate of drug-likeness (QED) is 0.798. The van der Waals surface area contributed by atoms with Crippen molar-refractivity contribution in [1.29, 1.82) is 0 Å². The van der Waals surface area contributed by atoms with Crippen LogP contribution in [-0.4, -0.2) is 6.03 Å². The molecule has 0 saturated carbocycles. The lowest BCUT2D eigenvalue weighted by Gasteiger charge is -2.13. The predicted octanol–water partition coefficient (Wildman–Crippen LogP) is 4.79. The van der Waals surface area contributed by atoms with Crippen LogP contribution < -0.4 is 10.6 Å². The Balaban J connectivity index is 2.00. The molecule has 0 aromatic heterocycles. The molecule has 2 rings (SSSR count). The summed E-state index contributed by atoms with van der Waals surface area (Å²) in [4.78, 5) is 11.7. The average Bonchev–Trinajstić information content (AvgIpc) is 2.44. The van der Waals surface area contributed by atoms with E-state index in [2.05, 4.69) is 26.6 Å². The molecule has 116 valence electrons. The Morgan fingerprint density at radius 3 is 2.50 bits per heavy atom. The molecule has 2 N–H and O–H groups in total. The Morgan fingerprint density at radius 2 is 1.82 bits per heavy atom. The van der Waals surface area contributed by atoms with Gasteiger partial charge in [0.05, 0.1) is 5.56 Å². The fraction of sp³-hybridized carbons (Fsp3) is 0.133. The summed E-state index contributed by atoms with van der Waals surface area (Å²) in [5.41, 5.74) is -0.201. The van der Waals surface area contributed by atoms with Gasteiger partial charge in [0, 0.05) is 16.7 Å². The minimum atomic E-state index is -4.45. The van der Waals surface area contributed by atoms with Gasteiger partial charge in [-0.15, -0.1) is 0 Å². The second-order valence-corrected chi connectivity index (χ2v) is 5.39. The molecule has 0 unspecified atom stereocenters. The number of halogens is 4. The maximum atomic E-state index is 12.8. The topological polar surface area (TPSA) is 41.1 Å². The molecule has 0 spiro atoms. The zero-order valence-corrected chi connectivity index (χ0v) is 12.8. The number of carbonyl (C=O) groups excluding carboxylic acids is 1. The summed E-state index contributed by atoms with van der Waals surface area (Å²) >= 11 is 3.26. The molecule has 0 atom stereocenters. The van der Waals surface area contributed by atoms with Crippen LogP contribution in [0.1, 0.15) is 11.1 Å². The third-order valence-electron chi connectivity index (χ3n) is 2.84. The molecular formula is C15H12BrF3N2O. The van der Waals surface area contributed by atoms with Gasteiger partial charge in [0.1, 0.15) is 0 Å². The lowest BCUT2D eigenvalue weighted by Crippen LogP contribution is -2.29. The van der Waals surface area contributed by atoms with Gasteiger partial charge in [-0.3, -0.25) is 0 Å². The van der Waals surface area contributed by atoms with E-state index >= 15 is 0 Å². The number of rotatable bonds is 3. The number of hydrogen-bond donors (Lipinski definition) is 2. The third-order valence-corrected chi connectivity index (χ3v) is 3.34. The first-order valence-electron chi connectivity index (χ1n) is 6.32. The third kappa shape index (κ3) is 4.49. The molecule has 0 aliphatic carbocycles. The lowest BCUT2D eigenvalue weighted by atomic mass is 10.1. The van der Waals surface area contributed by atoms with E-state index in [9.17, 15) is 18.0 Å². The number of hydrogen-bond acceptors (Lipinski definition) is 1. The van der Waals surface area contributed by atoms with Crippen LogP contribution >= 0.6 is 15.9 Å². The monoisotopic (exact) mass is 372 g/mol. The van der Waals surface area contributed by atoms with E-state index in [4.69, 9.17) is 0 Å². The van der Waals surface area contributed by atoms with E-state index in [1.165, 1.54) is 18.2 Å². The summed E-state index contributed by atoms with van der Waals surface area (Å²) in [5.74, 6) is 0. The van der Waals surface area contributed by atoms with Crippen molar-refractivity contribution in [2.24, 2.45) is 0 Å². The highest BCUT2D eigenvalue weighted by Gasteiger charge is 2.32. The van der Waals surface area contributed by atoms with Crippen LogP contribution in [0.5, 0.6) is 0 Å². The summed E-state index contributed by atoms with van der Waals surface area (Å²) in [6.45, 7) is -0.213. The second-order valence-electron chi connectivity index (χ2n) is 4.47. The molecule has 0 aliphatic heterocycles. The molecule has 22 heavy (non-hydrogen) atoms. The van der Waals surface area contributed by atoms with Gasteiger partial charge in [-0.25, -0.2) is 4.79 Å². The largest absolute Gasteiger partial charge is 0.416 e. The molecule has 3 nitrogen and oxygen atoms in total. The Morgan fingerprint density at radius 1 is 1.09 bits per heavy atom. The molecule has 2 aromatic carbocycles. The van der Waals surface area contributed by atoms with Crippen molar-refractivity contribution >= 4 is 27.6 Å². The number of urea groups is 1. The van der Waals surface area contributed by atoms with Crippen LogP contribution in [0, 0.1) is 0 Å². The van der Waals surface area contributed by atoms with Crippen molar-refractivity contribution in [2.75, 3.05) is 5.32 Å². The van der Waals surface area contributed by atoms with Crippen molar-refractivity contribution in [3.05, 3.63) is 64.1 Å². The molecule has 0 bridgehead atoms. The minimum absolute atomic E-state index is 0.0133. The average molecular weight is 373 g/mol. The summed E-state index contributed by atoms with van der Waals surface area (Å²) < 4.78 is 39.3. The summed E-state index contributed by atoms with van der Waals surface area (Å²) in [5, 5.41) is 4.96. The smallest absolute Gasteiger partial charge is 0.334 e. The van der Waals surface area contributed by atoms with Gasteiger partial charge in [-0.05, 0) is 29.8 Å². The van der Waals surface area contributed by atoms with Crippen LogP contribution in [0.25, 0.3) is 0 Å². The number of anilines is 1. The number of carbonyl (C=O) groups is 1. The Hall–Kier alpha value is -2.02. The standard InChI is InChI=1S/C15H12BrF3N2O/c16-11-5-3-6-12(8-11)21-14(22)20-9-10-4-1-2-7-13(10)15(17,18)19/h1-8H,9H2,(H2,20,21,22). The first kappa shape index (κ1) is 16.4. The van der Waals surface area contributed by atoms with Gasteiger partial charge >= 0.3 is 12.2 Å². The van der Waals surface area contributed by atoms with Crippen LogP contribution in [0.3, 0.4) is 0 Å². The predicted molar refractivity (Wildman–Crippen MR) is 81.4 cm³/mol. The summed E-state index contributed by atoms with van der Waals surface area (Å²) in [7, 11) is 0. The van der Waals surface area contributed by atoms with Gasteiger partial charge in [-0.2, -0.15) is 13.2 Å². The van der Waals surface area contributed by atoms with Crippen molar-refractivity contribution < 1.29 is 18.0 Å². The van der Waals surface area contributed by atoms with Gasteiger partial charge in [-0.1, -0.05) is 40.2 Å². The molecule has 0 aliphatic rings. The molecule has 7 heteroatoms. The van der Waals surface area contributed by atoms with E-state index in [1.54, 1.807) is 24.3 Å². The fourth-order valence-corrected chi connectivity index (χ4v) is 2.27. The molecule has 0 radical (unpaired) electrons.